The summed E-state index contributed by atoms with van der Waals surface area (Å²) < 4.78 is 41.0. The van der Waals surface area contributed by atoms with Gasteiger partial charge in [-0.1, -0.05) is 23.4 Å². The second-order valence-electron chi connectivity index (χ2n) is 5.19. The van der Waals surface area contributed by atoms with E-state index >= 15 is 0 Å². The van der Waals surface area contributed by atoms with Gasteiger partial charge in [-0.3, -0.25) is 4.57 Å². The normalized spacial score (nSPS) is 10.9. The molecule has 0 unspecified atom stereocenters. The Labute approximate surface area is 155 Å². The summed E-state index contributed by atoms with van der Waals surface area (Å²) in [7, 11) is 0. The number of imidazole rings is 1. The summed E-state index contributed by atoms with van der Waals surface area (Å²) in [5, 5.41) is 9.67. The fourth-order valence-electron chi connectivity index (χ4n) is 2.24. The lowest BCUT2D eigenvalue weighted by Gasteiger charge is -2.10. The van der Waals surface area contributed by atoms with Crippen LogP contribution in [0.15, 0.2) is 47.8 Å². The van der Waals surface area contributed by atoms with Gasteiger partial charge in [0.15, 0.2) is 22.5 Å². The molecule has 0 spiro atoms. The van der Waals surface area contributed by atoms with Crippen LogP contribution < -0.4 is 0 Å². The number of hydrogen-bond acceptors (Lipinski definition) is 3. The number of carboxylic acids is 1. The fraction of sp³-hybridized carbons (Fsp3) is 0.0588. The zero-order valence-electron chi connectivity index (χ0n) is 12.9. The Morgan fingerprint density at radius 3 is 2.46 bits per heavy atom. The maximum atomic E-state index is 13.4. The lowest BCUT2D eigenvalue weighted by molar-refractivity contribution is 0.0687. The summed E-state index contributed by atoms with van der Waals surface area (Å²) >= 11 is 7.00. The molecule has 4 nitrogen and oxygen atoms in total. The minimum Gasteiger partial charge on any atom is -0.477 e. The van der Waals surface area contributed by atoms with Crippen molar-refractivity contribution in [1.29, 1.82) is 0 Å². The van der Waals surface area contributed by atoms with Crippen LogP contribution in [0.3, 0.4) is 0 Å². The maximum Gasteiger partial charge on any atom is 0.354 e. The van der Waals surface area contributed by atoms with Crippen LogP contribution in [-0.4, -0.2) is 20.6 Å². The van der Waals surface area contributed by atoms with Crippen molar-refractivity contribution in [3.63, 3.8) is 0 Å². The molecule has 1 N–H and O–H groups in total. The van der Waals surface area contributed by atoms with Crippen molar-refractivity contribution in [3.05, 3.63) is 76.3 Å². The highest BCUT2D eigenvalue weighted by Gasteiger charge is 2.18. The third-order valence-corrected chi connectivity index (χ3v) is 4.83. The number of carboxylic acid groups (broad SMARTS) is 1. The van der Waals surface area contributed by atoms with Gasteiger partial charge in [-0.05, 0) is 42.0 Å². The van der Waals surface area contributed by atoms with E-state index in [0.29, 0.717) is 11.3 Å². The van der Waals surface area contributed by atoms with Crippen LogP contribution in [0.1, 0.15) is 16.1 Å². The number of hydrogen-bond donors (Lipinski definition) is 1. The van der Waals surface area contributed by atoms with Crippen LogP contribution in [0.5, 0.6) is 0 Å². The fourth-order valence-corrected chi connectivity index (χ4v) is 3.52. The SMILES string of the molecule is O=C(O)c1cnc(SCc2cc(F)c(F)cc2Cl)n1-c1ccc(F)cc1. The first-order valence-corrected chi connectivity index (χ1v) is 8.56. The zero-order valence-corrected chi connectivity index (χ0v) is 14.5. The molecule has 0 radical (unpaired) electrons. The van der Waals surface area contributed by atoms with Crippen LogP contribution in [-0.2, 0) is 5.75 Å². The Morgan fingerprint density at radius 1 is 1.15 bits per heavy atom. The van der Waals surface area contributed by atoms with Crippen LogP contribution in [0, 0.1) is 17.5 Å². The van der Waals surface area contributed by atoms with Gasteiger partial charge in [0.25, 0.3) is 0 Å². The number of benzene rings is 2. The molecule has 0 bridgehead atoms. The number of nitrogens with zero attached hydrogens (tertiary/aromatic N) is 2. The van der Waals surface area contributed by atoms with Gasteiger partial charge >= 0.3 is 5.97 Å². The highest BCUT2D eigenvalue weighted by Crippen LogP contribution is 2.30. The number of thioether (sulfide) groups is 1. The monoisotopic (exact) mass is 398 g/mol. The molecule has 2 aromatic carbocycles. The first kappa shape index (κ1) is 18.3. The van der Waals surface area contributed by atoms with Gasteiger partial charge in [0.2, 0.25) is 0 Å². The van der Waals surface area contributed by atoms with E-state index in [0.717, 1.165) is 23.9 Å². The maximum absolute atomic E-state index is 13.4. The molecule has 3 rings (SSSR count). The molecule has 0 amide bonds. The summed E-state index contributed by atoms with van der Waals surface area (Å²) in [4.78, 5) is 15.5. The summed E-state index contributed by atoms with van der Waals surface area (Å²) in [6.07, 6.45) is 1.17. The van der Waals surface area contributed by atoms with E-state index in [1.54, 1.807) is 0 Å². The van der Waals surface area contributed by atoms with Crippen LogP contribution in [0.25, 0.3) is 5.69 Å². The van der Waals surface area contributed by atoms with Crippen LogP contribution >= 0.6 is 23.4 Å². The number of carbonyl (C=O) groups is 1. The van der Waals surface area contributed by atoms with Crippen molar-refractivity contribution < 1.29 is 23.1 Å². The van der Waals surface area contributed by atoms with Gasteiger partial charge in [0, 0.05) is 16.5 Å². The van der Waals surface area contributed by atoms with Crippen molar-refractivity contribution in [2.45, 2.75) is 10.9 Å². The Morgan fingerprint density at radius 2 is 1.81 bits per heavy atom. The average Bonchev–Trinajstić information content (AvgIpc) is 3.02. The molecule has 0 fully saturated rings. The topological polar surface area (TPSA) is 55.1 Å². The predicted molar refractivity (Wildman–Crippen MR) is 91.4 cm³/mol. The second kappa shape index (κ2) is 7.43. The summed E-state index contributed by atoms with van der Waals surface area (Å²) in [6, 6.07) is 7.08. The molecule has 0 aliphatic rings. The molecule has 0 aliphatic heterocycles. The molecular formula is C17H10ClF3N2O2S. The lowest BCUT2D eigenvalue weighted by Crippen LogP contribution is -2.07. The van der Waals surface area contributed by atoms with Gasteiger partial charge < -0.3 is 5.11 Å². The average molecular weight is 399 g/mol. The largest absolute Gasteiger partial charge is 0.477 e. The van der Waals surface area contributed by atoms with Gasteiger partial charge in [-0.2, -0.15) is 0 Å². The standard InChI is InChI=1S/C17H10ClF3N2O2S/c18-12-6-14(21)13(20)5-9(12)8-26-17-22-7-15(16(24)25)23(17)11-3-1-10(19)2-4-11/h1-7H,8H2,(H,24,25). The van der Waals surface area contributed by atoms with Crippen molar-refractivity contribution >= 4 is 29.3 Å². The molecule has 1 heterocycles. The molecule has 9 heteroatoms. The van der Waals surface area contributed by atoms with E-state index in [2.05, 4.69) is 4.98 Å². The number of rotatable bonds is 5. The smallest absolute Gasteiger partial charge is 0.354 e. The van der Waals surface area contributed by atoms with Crippen LogP contribution in [0.2, 0.25) is 5.02 Å². The zero-order chi connectivity index (χ0) is 18.8. The highest BCUT2D eigenvalue weighted by atomic mass is 35.5. The van der Waals surface area contributed by atoms with Gasteiger partial charge in [0.1, 0.15) is 5.82 Å². The third kappa shape index (κ3) is 3.71. The van der Waals surface area contributed by atoms with E-state index in [4.69, 9.17) is 11.6 Å². The van der Waals surface area contributed by atoms with Gasteiger partial charge in [-0.15, -0.1) is 0 Å². The number of aromatic carboxylic acids is 1. The van der Waals surface area contributed by atoms with Crippen molar-refractivity contribution in [3.8, 4) is 5.69 Å². The van der Waals surface area contributed by atoms with E-state index in [1.165, 1.54) is 35.0 Å². The molecule has 26 heavy (non-hydrogen) atoms. The molecule has 1 aromatic heterocycles. The molecule has 0 saturated carbocycles. The van der Waals surface area contributed by atoms with Crippen molar-refractivity contribution in [1.82, 2.24) is 9.55 Å². The molecule has 0 saturated heterocycles. The molecule has 134 valence electrons. The molecule has 3 aromatic rings. The molecule has 0 aliphatic carbocycles. The van der Waals surface area contributed by atoms with E-state index < -0.39 is 23.4 Å². The third-order valence-electron chi connectivity index (χ3n) is 3.48. The van der Waals surface area contributed by atoms with Crippen LogP contribution in [0.4, 0.5) is 13.2 Å². The Kier molecular flexibility index (Phi) is 5.24. The predicted octanol–water partition coefficient (Wildman–Crippen LogP) is 4.93. The first-order valence-electron chi connectivity index (χ1n) is 7.20. The van der Waals surface area contributed by atoms with Gasteiger partial charge in [-0.25, -0.2) is 22.9 Å². The Hall–Kier alpha value is -2.45. The Bertz CT molecular complexity index is 977. The van der Waals surface area contributed by atoms with E-state index in [1.807, 2.05) is 0 Å². The van der Waals surface area contributed by atoms with Crippen molar-refractivity contribution in [2.75, 3.05) is 0 Å². The number of halogens is 4. The molecular weight excluding hydrogens is 389 g/mol. The summed E-state index contributed by atoms with van der Waals surface area (Å²) in [5.74, 6) is -3.62. The minimum absolute atomic E-state index is 0.0507. The quantitative estimate of drug-likeness (QED) is 0.489. The lowest BCUT2D eigenvalue weighted by atomic mass is 10.2. The van der Waals surface area contributed by atoms with Gasteiger partial charge in [0.05, 0.1) is 6.20 Å². The second-order valence-corrected chi connectivity index (χ2v) is 6.54. The molecule has 0 atom stereocenters. The first-order chi connectivity index (χ1) is 12.4. The minimum atomic E-state index is -1.21. The van der Waals surface area contributed by atoms with E-state index in [9.17, 15) is 23.1 Å². The summed E-state index contributed by atoms with van der Waals surface area (Å²) in [5.41, 5.74) is 0.622. The highest BCUT2D eigenvalue weighted by molar-refractivity contribution is 7.98. The number of aromatic nitrogens is 2. The summed E-state index contributed by atoms with van der Waals surface area (Å²) in [6.45, 7) is 0. The van der Waals surface area contributed by atoms with E-state index in [-0.39, 0.29) is 21.6 Å². The van der Waals surface area contributed by atoms with Crippen molar-refractivity contribution in [2.24, 2.45) is 0 Å². The Balaban J connectivity index is 1.95.